The summed E-state index contributed by atoms with van der Waals surface area (Å²) in [5.41, 5.74) is 2.95. The number of aromatic amines is 2. The standard InChI is InChI=1S/C17H17N3O2S/c1-10-5-3-4-6-15(10)23-11(2)16(21)18-12-7-8-13-14(9-12)20-17(22)19-13/h3-9,11H,1-2H3,(H,18,21)(H2,19,20,22). The van der Waals surface area contributed by atoms with Gasteiger partial charge in [0.25, 0.3) is 0 Å². The number of carbonyl (C=O) groups is 1. The number of fused-ring (bicyclic) bond motifs is 1. The highest BCUT2D eigenvalue weighted by atomic mass is 32.2. The number of aryl methyl sites for hydroxylation is 1. The molecule has 5 nitrogen and oxygen atoms in total. The number of hydrogen-bond donors (Lipinski definition) is 3. The monoisotopic (exact) mass is 327 g/mol. The maximum atomic E-state index is 12.4. The van der Waals surface area contributed by atoms with E-state index in [1.807, 2.05) is 38.1 Å². The summed E-state index contributed by atoms with van der Waals surface area (Å²) >= 11 is 1.53. The van der Waals surface area contributed by atoms with Gasteiger partial charge in [-0.1, -0.05) is 18.2 Å². The molecule has 1 aromatic heterocycles. The number of rotatable bonds is 4. The van der Waals surface area contributed by atoms with Crippen LogP contribution in [-0.4, -0.2) is 21.1 Å². The van der Waals surface area contributed by atoms with Crippen LogP contribution in [0.2, 0.25) is 0 Å². The van der Waals surface area contributed by atoms with Gasteiger partial charge in [0.2, 0.25) is 5.91 Å². The molecule has 3 rings (SSSR count). The molecule has 3 N–H and O–H groups in total. The van der Waals surface area contributed by atoms with E-state index in [0.29, 0.717) is 11.2 Å². The number of amides is 1. The van der Waals surface area contributed by atoms with Crippen LogP contribution in [0.1, 0.15) is 12.5 Å². The third kappa shape index (κ3) is 3.48. The summed E-state index contributed by atoms with van der Waals surface area (Å²) in [5.74, 6) is -0.0736. The Morgan fingerprint density at radius 2 is 1.87 bits per heavy atom. The third-order valence-electron chi connectivity index (χ3n) is 3.55. The van der Waals surface area contributed by atoms with Crippen LogP contribution < -0.4 is 11.0 Å². The minimum absolute atomic E-state index is 0.0736. The molecule has 23 heavy (non-hydrogen) atoms. The van der Waals surface area contributed by atoms with Crippen molar-refractivity contribution in [1.82, 2.24) is 9.97 Å². The van der Waals surface area contributed by atoms with Gasteiger partial charge in [-0.25, -0.2) is 4.79 Å². The Morgan fingerprint density at radius 1 is 1.13 bits per heavy atom. The summed E-state index contributed by atoms with van der Waals surface area (Å²) in [6.45, 7) is 3.91. The van der Waals surface area contributed by atoms with Crippen molar-refractivity contribution in [1.29, 1.82) is 0 Å². The van der Waals surface area contributed by atoms with Crippen molar-refractivity contribution in [3.05, 3.63) is 58.5 Å². The Balaban J connectivity index is 1.72. The zero-order valence-electron chi connectivity index (χ0n) is 12.8. The number of imidazole rings is 1. The minimum atomic E-state index is -0.257. The molecule has 3 aromatic rings. The van der Waals surface area contributed by atoms with Crippen molar-refractivity contribution in [2.45, 2.75) is 24.0 Å². The largest absolute Gasteiger partial charge is 0.325 e. The summed E-state index contributed by atoms with van der Waals surface area (Å²) in [5, 5.41) is 2.66. The molecule has 0 saturated carbocycles. The number of benzene rings is 2. The first kappa shape index (κ1) is 15.4. The van der Waals surface area contributed by atoms with Crippen molar-refractivity contribution in [2.75, 3.05) is 5.32 Å². The highest BCUT2D eigenvalue weighted by Gasteiger charge is 2.15. The fraction of sp³-hybridized carbons (Fsp3) is 0.176. The van der Waals surface area contributed by atoms with Crippen molar-refractivity contribution in [2.24, 2.45) is 0 Å². The Kier molecular flexibility index (Phi) is 4.25. The van der Waals surface area contributed by atoms with Crippen molar-refractivity contribution in [3.63, 3.8) is 0 Å². The molecule has 0 aliphatic heterocycles. The number of H-pyrrole nitrogens is 2. The molecule has 2 aromatic carbocycles. The first-order valence-corrected chi connectivity index (χ1v) is 8.16. The molecular formula is C17H17N3O2S. The average Bonchev–Trinajstić information content (AvgIpc) is 2.88. The molecule has 0 fully saturated rings. The van der Waals surface area contributed by atoms with Crippen LogP contribution in [-0.2, 0) is 4.79 Å². The third-order valence-corrected chi connectivity index (χ3v) is 4.83. The van der Waals surface area contributed by atoms with Crippen LogP contribution in [0.15, 0.2) is 52.2 Å². The fourth-order valence-electron chi connectivity index (χ4n) is 2.29. The zero-order valence-corrected chi connectivity index (χ0v) is 13.7. The second kappa shape index (κ2) is 6.34. The molecule has 0 radical (unpaired) electrons. The topological polar surface area (TPSA) is 77.8 Å². The van der Waals surface area contributed by atoms with Crippen molar-refractivity contribution >= 4 is 34.4 Å². The normalized spacial score (nSPS) is 12.3. The predicted octanol–water partition coefficient (Wildman–Crippen LogP) is 3.28. The number of thioether (sulfide) groups is 1. The Morgan fingerprint density at radius 3 is 2.65 bits per heavy atom. The summed E-state index contributed by atoms with van der Waals surface area (Å²) in [6, 6.07) is 13.3. The summed E-state index contributed by atoms with van der Waals surface area (Å²) < 4.78 is 0. The average molecular weight is 327 g/mol. The lowest BCUT2D eigenvalue weighted by molar-refractivity contribution is -0.115. The molecule has 0 aliphatic carbocycles. The van der Waals surface area contributed by atoms with E-state index in [-0.39, 0.29) is 16.8 Å². The van der Waals surface area contributed by atoms with E-state index in [9.17, 15) is 9.59 Å². The quantitative estimate of drug-likeness (QED) is 0.644. The SMILES string of the molecule is Cc1ccccc1SC(C)C(=O)Nc1ccc2[nH]c(=O)[nH]c2c1. The number of anilines is 1. The van der Waals surface area contributed by atoms with E-state index in [4.69, 9.17) is 0 Å². The molecule has 1 amide bonds. The van der Waals surface area contributed by atoms with E-state index in [0.717, 1.165) is 16.0 Å². The van der Waals surface area contributed by atoms with Gasteiger partial charge in [-0.2, -0.15) is 0 Å². The number of carbonyl (C=O) groups excluding carboxylic acids is 1. The van der Waals surface area contributed by atoms with Gasteiger partial charge < -0.3 is 15.3 Å². The van der Waals surface area contributed by atoms with Gasteiger partial charge in [0.1, 0.15) is 0 Å². The maximum absolute atomic E-state index is 12.4. The number of aromatic nitrogens is 2. The smallest absolute Gasteiger partial charge is 0.323 e. The first-order chi connectivity index (χ1) is 11.0. The van der Waals surface area contributed by atoms with Crippen LogP contribution in [0.4, 0.5) is 5.69 Å². The van der Waals surface area contributed by atoms with Crippen LogP contribution in [0.3, 0.4) is 0 Å². The minimum Gasteiger partial charge on any atom is -0.325 e. The second-order valence-electron chi connectivity index (χ2n) is 5.35. The molecular weight excluding hydrogens is 310 g/mol. The predicted molar refractivity (Wildman–Crippen MR) is 94.0 cm³/mol. The molecule has 118 valence electrons. The summed E-state index contributed by atoms with van der Waals surface area (Å²) in [4.78, 5) is 30.1. The lowest BCUT2D eigenvalue weighted by atomic mass is 10.2. The first-order valence-electron chi connectivity index (χ1n) is 7.28. The summed E-state index contributed by atoms with van der Waals surface area (Å²) in [6.07, 6.45) is 0. The van der Waals surface area contributed by atoms with Gasteiger partial charge in [-0.3, -0.25) is 4.79 Å². The Bertz CT molecular complexity index is 913. The zero-order chi connectivity index (χ0) is 16.4. The van der Waals surface area contributed by atoms with E-state index < -0.39 is 0 Å². The van der Waals surface area contributed by atoms with E-state index in [2.05, 4.69) is 15.3 Å². The molecule has 6 heteroatoms. The van der Waals surface area contributed by atoms with E-state index in [1.165, 1.54) is 11.8 Å². The molecule has 1 heterocycles. The molecule has 0 spiro atoms. The Hall–Kier alpha value is -2.47. The second-order valence-corrected chi connectivity index (χ2v) is 6.74. The Labute approximate surface area is 137 Å². The summed E-state index contributed by atoms with van der Waals surface area (Å²) in [7, 11) is 0. The number of nitrogens with one attached hydrogen (secondary N) is 3. The van der Waals surface area contributed by atoms with E-state index in [1.54, 1.807) is 18.2 Å². The number of hydrogen-bond acceptors (Lipinski definition) is 3. The lowest BCUT2D eigenvalue weighted by Crippen LogP contribution is -2.22. The van der Waals surface area contributed by atoms with Crippen LogP contribution >= 0.6 is 11.8 Å². The van der Waals surface area contributed by atoms with Crippen LogP contribution in [0.25, 0.3) is 11.0 Å². The van der Waals surface area contributed by atoms with Crippen LogP contribution in [0.5, 0.6) is 0 Å². The fourth-order valence-corrected chi connectivity index (χ4v) is 3.24. The van der Waals surface area contributed by atoms with Crippen molar-refractivity contribution in [3.8, 4) is 0 Å². The van der Waals surface area contributed by atoms with Gasteiger partial charge in [0, 0.05) is 10.6 Å². The van der Waals surface area contributed by atoms with Gasteiger partial charge in [-0.15, -0.1) is 11.8 Å². The van der Waals surface area contributed by atoms with Gasteiger partial charge >= 0.3 is 5.69 Å². The lowest BCUT2D eigenvalue weighted by Gasteiger charge is -2.13. The molecule has 0 bridgehead atoms. The van der Waals surface area contributed by atoms with E-state index >= 15 is 0 Å². The van der Waals surface area contributed by atoms with Gasteiger partial charge in [0.15, 0.2) is 0 Å². The molecule has 0 saturated heterocycles. The highest BCUT2D eigenvalue weighted by molar-refractivity contribution is 8.00. The van der Waals surface area contributed by atoms with Gasteiger partial charge in [0.05, 0.1) is 16.3 Å². The molecule has 1 atom stereocenters. The van der Waals surface area contributed by atoms with Crippen molar-refractivity contribution < 1.29 is 4.79 Å². The van der Waals surface area contributed by atoms with Gasteiger partial charge in [-0.05, 0) is 43.7 Å². The maximum Gasteiger partial charge on any atom is 0.323 e. The molecule has 0 aliphatic rings. The van der Waals surface area contributed by atoms with Crippen LogP contribution in [0, 0.1) is 6.92 Å². The highest BCUT2D eigenvalue weighted by Crippen LogP contribution is 2.27. The molecule has 1 unspecified atom stereocenters.